The number of rotatable bonds is 8. The SMILES string of the molecule is CCCCOc1ccc(O)c2c1Cc1cc(OC)cc(OCc3ccc(C(F)(F)F)cc3)c1C2=O. The first kappa shape index (κ1) is 24.4. The van der Waals surface area contributed by atoms with Crippen molar-refractivity contribution in [1.29, 1.82) is 0 Å². The van der Waals surface area contributed by atoms with Gasteiger partial charge in [-0.2, -0.15) is 13.2 Å². The molecule has 1 aliphatic carbocycles. The molecule has 0 saturated heterocycles. The average molecular weight is 486 g/mol. The quantitative estimate of drug-likeness (QED) is 0.296. The van der Waals surface area contributed by atoms with E-state index < -0.39 is 17.5 Å². The van der Waals surface area contributed by atoms with Crippen LogP contribution in [0.2, 0.25) is 0 Å². The van der Waals surface area contributed by atoms with Crippen molar-refractivity contribution in [3.05, 3.63) is 81.9 Å². The Morgan fingerprint density at radius 1 is 0.971 bits per heavy atom. The van der Waals surface area contributed by atoms with Crippen LogP contribution in [-0.4, -0.2) is 24.6 Å². The number of phenolic OH excluding ortho intramolecular Hbond substituents is 1. The Hall–Kier alpha value is -3.68. The third-order valence-corrected chi connectivity index (χ3v) is 5.89. The van der Waals surface area contributed by atoms with E-state index in [1.54, 1.807) is 18.2 Å². The van der Waals surface area contributed by atoms with Gasteiger partial charge in [-0.15, -0.1) is 0 Å². The van der Waals surface area contributed by atoms with Crippen molar-refractivity contribution in [3.63, 3.8) is 0 Å². The highest BCUT2D eigenvalue weighted by Gasteiger charge is 2.33. The zero-order valence-electron chi connectivity index (χ0n) is 19.4. The summed E-state index contributed by atoms with van der Waals surface area (Å²) in [6, 6.07) is 11.0. The average Bonchev–Trinajstić information content (AvgIpc) is 2.83. The van der Waals surface area contributed by atoms with E-state index in [1.807, 2.05) is 6.92 Å². The summed E-state index contributed by atoms with van der Waals surface area (Å²) >= 11 is 0. The predicted molar refractivity (Wildman–Crippen MR) is 124 cm³/mol. The number of ether oxygens (including phenoxy) is 3. The molecular weight excluding hydrogens is 461 g/mol. The number of ketones is 1. The Morgan fingerprint density at radius 3 is 2.37 bits per heavy atom. The highest BCUT2D eigenvalue weighted by molar-refractivity contribution is 6.16. The lowest BCUT2D eigenvalue weighted by molar-refractivity contribution is -0.137. The first-order valence-electron chi connectivity index (χ1n) is 11.2. The first-order chi connectivity index (χ1) is 16.7. The number of aromatic hydroxyl groups is 1. The fourth-order valence-corrected chi connectivity index (χ4v) is 4.05. The van der Waals surface area contributed by atoms with Gasteiger partial charge in [0.15, 0.2) is 0 Å². The fraction of sp³-hybridized carbons (Fsp3) is 0.296. The van der Waals surface area contributed by atoms with Crippen LogP contribution >= 0.6 is 0 Å². The largest absolute Gasteiger partial charge is 0.507 e. The molecule has 1 aliphatic rings. The third-order valence-electron chi connectivity index (χ3n) is 5.89. The second-order valence-electron chi connectivity index (χ2n) is 8.29. The molecule has 5 nitrogen and oxygen atoms in total. The van der Waals surface area contributed by atoms with Gasteiger partial charge in [0.25, 0.3) is 0 Å². The van der Waals surface area contributed by atoms with Crippen LogP contribution in [-0.2, 0) is 19.2 Å². The van der Waals surface area contributed by atoms with Crippen molar-refractivity contribution in [2.45, 2.75) is 39.0 Å². The Balaban J connectivity index is 1.66. The number of hydrogen-bond acceptors (Lipinski definition) is 5. The molecule has 3 aromatic rings. The number of methoxy groups -OCH3 is 1. The number of fused-ring (bicyclic) bond motifs is 2. The van der Waals surface area contributed by atoms with Crippen molar-refractivity contribution in [3.8, 4) is 23.0 Å². The standard InChI is InChI=1S/C27H25F3O5/c1-3-4-11-34-22-10-9-21(31)25-20(22)13-17-12-19(33-2)14-23(24(17)26(25)32)35-15-16-5-7-18(8-6-16)27(28,29)30/h5-10,12,14,31H,3-4,11,13,15H2,1-2H3. The second-order valence-corrected chi connectivity index (χ2v) is 8.29. The second kappa shape index (κ2) is 9.90. The van der Waals surface area contributed by atoms with E-state index in [1.165, 1.54) is 25.3 Å². The molecule has 0 bridgehead atoms. The zero-order chi connectivity index (χ0) is 25.2. The van der Waals surface area contributed by atoms with Crippen LogP contribution in [0.5, 0.6) is 23.0 Å². The molecule has 0 amide bonds. The number of alkyl halides is 3. The molecule has 4 rings (SSSR count). The number of phenols is 1. The van der Waals surface area contributed by atoms with Crippen molar-refractivity contribution < 1.29 is 37.3 Å². The van der Waals surface area contributed by atoms with Crippen LogP contribution in [0.15, 0.2) is 48.5 Å². The molecule has 0 atom stereocenters. The van der Waals surface area contributed by atoms with Crippen LogP contribution in [0, 0.1) is 0 Å². The van der Waals surface area contributed by atoms with E-state index in [9.17, 15) is 23.1 Å². The van der Waals surface area contributed by atoms with Crippen LogP contribution < -0.4 is 14.2 Å². The number of carbonyl (C=O) groups excluding carboxylic acids is 1. The molecule has 0 unspecified atom stereocenters. The van der Waals surface area contributed by atoms with E-state index >= 15 is 0 Å². The monoisotopic (exact) mass is 486 g/mol. The number of carbonyl (C=O) groups is 1. The highest BCUT2D eigenvalue weighted by Crippen LogP contribution is 2.42. The topological polar surface area (TPSA) is 65.0 Å². The van der Waals surface area contributed by atoms with E-state index in [-0.39, 0.29) is 29.2 Å². The van der Waals surface area contributed by atoms with Gasteiger partial charge in [0.1, 0.15) is 29.6 Å². The molecule has 35 heavy (non-hydrogen) atoms. The van der Waals surface area contributed by atoms with Gasteiger partial charge in [-0.1, -0.05) is 25.5 Å². The minimum absolute atomic E-state index is 0.0516. The minimum Gasteiger partial charge on any atom is -0.507 e. The molecule has 0 saturated carbocycles. The molecular formula is C27H25F3O5. The Kier molecular flexibility index (Phi) is 6.91. The molecule has 0 fully saturated rings. The third kappa shape index (κ3) is 5.06. The maximum atomic E-state index is 13.5. The molecule has 184 valence electrons. The maximum Gasteiger partial charge on any atom is 0.416 e. The lowest BCUT2D eigenvalue weighted by Gasteiger charge is -2.24. The summed E-state index contributed by atoms with van der Waals surface area (Å²) in [7, 11) is 1.49. The van der Waals surface area contributed by atoms with E-state index in [2.05, 4.69) is 0 Å². The van der Waals surface area contributed by atoms with Crippen molar-refractivity contribution in [2.75, 3.05) is 13.7 Å². The van der Waals surface area contributed by atoms with Crippen molar-refractivity contribution in [1.82, 2.24) is 0 Å². The van der Waals surface area contributed by atoms with Crippen molar-refractivity contribution >= 4 is 5.78 Å². The van der Waals surface area contributed by atoms with Gasteiger partial charge in [0.05, 0.1) is 30.4 Å². The van der Waals surface area contributed by atoms with Gasteiger partial charge in [0, 0.05) is 18.1 Å². The molecule has 8 heteroatoms. The number of unbranched alkanes of at least 4 members (excludes halogenated alkanes) is 1. The molecule has 0 aromatic heterocycles. The minimum atomic E-state index is -4.42. The first-order valence-corrected chi connectivity index (χ1v) is 11.2. The normalized spacial score (nSPS) is 12.7. The molecule has 3 aromatic carbocycles. The van der Waals surface area contributed by atoms with E-state index in [0.29, 0.717) is 41.2 Å². The van der Waals surface area contributed by atoms with Gasteiger partial charge < -0.3 is 19.3 Å². The summed E-state index contributed by atoms with van der Waals surface area (Å²) < 4.78 is 55.7. The van der Waals surface area contributed by atoms with E-state index in [4.69, 9.17) is 14.2 Å². The molecule has 0 radical (unpaired) electrons. The van der Waals surface area contributed by atoms with Gasteiger partial charge in [-0.3, -0.25) is 4.79 Å². The van der Waals surface area contributed by atoms with Crippen molar-refractivity contribution in [2.24, 2.45) is 0 Å². The number of halogens is 3. The zero-order valence-corrected chi connectivity index (χ0v) is 19.4. The Bertz CT molecular complexity index is 1230. The number of hydrogen-bond donors (Lipinski definition) is 1. The highest BCUT2D eigenvalue weighted by atomic mass is 19.4. The van der Waals surface area contributed by atoms with Crippen LogP contribution in [0.4, 0.5) is 13.2 Å². The van der Waals surface area contributed by atoms with Gasteiger partial charge in [0.2, 0.25) is 5.78 Å². The Morgan fingerprint density at radius 2 is 1.71 bits per heavy atom. The summed E-state index contributed by atoms with van der Waals surface area (Å²) in [5.74, 6) is 0.677. The molecule has 0 aliphatic heterocycles. The summed E-state index contributed by atoms with van der Waals surface area (Å²) in [4.78, 5) is 13.5. The summed E-state index contributed by atoms with van der Waals surface area (Å²) in [5.41, 5.74) is 1.45. The lowest BCUT2D eigenvalue weighted by atomic mass is 9.83. The van der Waals surface area contributed by atoms with Crippen LogP contribution in [0.3, 0.4) is 0 Å². The van der Waals surface area contributed by atoms with Gasteiger partial charge in [-0.25, -0.2) is 0 Å². The molecule has 1 N–H and O–H groups in total. The summed E-state index contributed by atoms with van der Waals surface area (Å²) in [5, 5.41) is 10.5. The van der Waals surface area contributed by atoms with Gasteiger partial charge in [-0.05, 0) is 47.9 Å². The van der Waals surface area contributed by atoms with Gasteiger partial charge >= 0.3 is 6.18 Å². The number of benzene rings is 3. The molecule has 0 spiro atoms. The smallest absolute Gasteiger partial charge is 0.416 e. The molecule has 0 heterocycles. The van der Waals surface area contributed by atoms with E-state index in [0.717, 1.165) is 25.0 Å². The fourth-order valence-electron chi connectivity index (χ4n) is 4.05. The Labute approximate surface area is 201 Å². The summed E-state index contributed by atoms with van der Waals surface area (Å²) in [6.45, 7) is 2.49. The predicted octanol–water partition coefficient (Wildman–Crippen LogP) is 6.31. The lowest BCUT2D eigenvalue weighted by Crippen LogP contribution is -2.18. The maximum absolute atomic E-state index is 13.5. The summed E-state index contributed by atoms with van der Waals surface area (Å²) in [6.07, 6.45) is -2.29. The van der Waals surface area contributed by atoms with Crippen LogP contribution in [0.1, 0.15) is 57.9 Å². The van der Waals surface area contributed by atoms with Crippen LogP contribution in [0.25, 0.3) is 0 Å².